The van der Waals surface area contributed by atoms with Gasteiger partial charge in [-0.15, -0.1) is 0 Å². The molecule has 16 heavy (non-hydrogen) atoms. The van der Waals surface area contributed by atoms with Gasteiger partial charge in [0.2, 0.25) is 0 Å². The Hall–Kier alpha value is -1.36. The van der Waals surface area contributed by atoms with E-state index in [0.29, 0.717) is 6.29 Å². The van der Waals surface area contributed by atoms with Gasteiger partial charge in [0.15, 0.2) is 0 Å². The smallest absolute Gasteiger partial charge is 0.408 e. The molecule has 0 aromatic carbocycles. The van der Waals surface area contributed by atoms with Crippen LogP contribution < -0.4 is 5.32 Å². The minimum absolute atomic E-state index is 0.563. The lowest BCUT2D eigenvalue weighted by molar-refractivity contribution is -0.109. The summed E-state index contributed by atoms with van der Waals surface area (Å²) in [5.74, 6) is 0. The minimum Gasteiger partial charge on any atom is -0.444 e. The first-order valence-electron chi connectivity index (χ1n) is 4.89. The van der Waals surface area contributed by atoms with Crippen LogP contribution in [0.15, 0.2) is 16.8 Å². The monoisotopic (exact) mass is 241 g/mol. The van der Waals surface area contributed by atoms with Crippen LogP contribution in [0.25, 0.3) is 0 Å². The topological polar surface area (TPSA) is 55.4 Å². The van der Waals surface area contributed by atoms with Crippen LogP contribution in [0.3, 0.4) is 0 Å². The van der Waals surface area contributed by atoms with Crippen molar-refractivity contribution in [3.8, 4) is 0 Å². The number of nitrogens with one attached hydrogen (secondary N) is 1. The van der Waals surface area contributed by atoms with Crippen LogP contribution >= 0.6 is 11.3 Å². The van der Waals surface area contributed by atoms with Gasteiger partial charge in [-0.3, -0.25) is 0 Å². The highest BCUT2D eigenvalue weighted by Crippen LogP contribution is 2.15. The summed E-state index contributed by atoms with van der Waals surface area (Å²) in [6, 6.07) is 1.15. The minimum atomic E-state index is -0.638. The number of carbonyl (C=O) groups is 2. The van der Waals surface area contributed by atoms with Gasteiger partial charge in [0.1, 0.15) is 17.9 Å². The fourth-order valence-corrected chi connectivity index (χ4v) is 1.78. The second kappa shape index (κ2) is 5.12. The summed E-state index contributed by atoms with van der Waals surface area (Å²) < 4.78 is 5.06. The number of thiophene rings is 1. The number of hydrogen-bond acceptors (Lipinski definition) is 4. The summed E-state index contributed by atoms with van der Waals surface area (Å²) in [7, 11) is 0. The summed E-state index contributed by atoms with van der Waals surface area (Å²) in [5.41, 5.74) is 0.206. The summed E-state index contributed by atoms with van der Waals surface area (Å²) in [6.45, 7) is 5.31. The van der Waals surface area contributed by atoms with Crippen molar-refractivity contribution >= 4 is 23.7 Å². The zero-order valence-electron chi connectivity index (χ0n) is 9.52. The van der Waals surface area contributed by atoms with Gasteiger partial charge in [0.25, 0.3) is 0 Å². The van der Waals surface area contributed by atoms with Crippen LogP contribution in [0.1, 0.15) is 32.4 Å². The van der Waals surface area contributed by atoms with Crippen molar-refractivity contribution in [1.29, 1.82) is 0 Å². The molecule has 1 unspecified atom stereocenters. The standard InChI is InChI=1S/C11H15NO3S/c1-11(2,3)15-10(14)12-9(6-13)8-4-5-16-7-8/h4-7,9H,1-3H3,(H,12,14). The van der Waals surface area contributed by atoms with Crippen molar-refractivity contribution in [2.24, 2.45) is 0 Å². The number of carbonyl (C=O) groups excluding carboxylic acids is 2. The predicted molar refractivity (Wildman–Crippen MR) is 62.5 cm³/mol. The Morgan fingerprint density at radius 1 is 1.56 bits per heavy atom. The van der Waals surface area contributed by atoms with Crippen molar-refractivity contribution in [2.45, 2.75) is 32.4 Å². The van der Waals surface area contributed by atoms with Crippen molar-refractivity contribution in [1.82, 2.24) is 5.32 Å². The van der Waals surface area contributed by atoms with Gasteiger partial charge in [-0.2, -0.15) is 11.3 Å². The molecule has 0 bridgehead atoms. The number of aldehydes is 1. The molecule has 88 valence electrons. The highest BCUT2D eigenvalue weighted by atomic mass is 32.1. The first-order chi connectivity index (χ1) is 7.42. The molecule has 0 aliphatic heterocycles. The highest BCUT2D eigenvalue weighted by molar-refractivity contribution is 7.08. The van der Waals surface area contributed by atoms with E-state index in [1.165, 1.54) is 11.3 Å². The van der Waals surface area contributed by atoms with E-state index < -0.39 is 17.7 Å². The lowest BCUT2D eigenvalue weighted by atomic mass is 10.2. The molecule has 0 aliphatic rings. The number of hydrogen-bond donors (Lipinski definition) is 1. The third-order valence-electron chi connectivity index (χ3n) is 1.71. The zero-order chi connectivity index (χ0) is 12.2. The molecule has 1 N–H and O–H groups in total. The molecule has 0 saturated heterocycles. The normalized spacial score (nSPS) is 12.9. The highest BCUT2D eigenvalue weighted by Gasteiger charge is 2.20. The van der Waals surface area contributed by atoms with Crippen LogP contribution in [-0.4, -0.2) is 18.0 Å². The molecular weight excluding hydrogens is 226 g/mol. The fourth-order valence-electron chi connectivity index (χ4n) is 1.08. The first-order valence-corrected chi connectivity index (χ1v) is 5.83. The second-order valence-electron chi connectivity index (χ2n) is 4.32. The van der Waals surface area contributed by atoms with Crippen LogP contribution in [0.4, 0.5) is 4.79 Å². The van der Waals surface area contributed by atoms with Gasteiger partial charge in [0.05, 0.1) is 0 Å². The van der Waals surface area contributed by atoms with Crippen LogP contribution in [-0.2, 0) is 9.53 Å². The van der Waals surface area contributed by atoms with E-state index in [2.05, 4.69) is 5.32 Å². The molecule has 0 fully saturated rings. The molecule has 1 amide bonds. The predicted octanol–water partition coefficient (Wildman–Crippen LogP) is 2.51. The van der Waals surface area contributed by atoms with Gasteiger partial charge in [-0.05, 0) is 43.2 Å². The van der Waals surface area contributed by atoms with Gasteiger partial charge >= 0.3 is 6.09 Å². The molecule has 1 aromatic rings. The number of rotatable bonds is 3. The lowest BCUT2D eigenvalue weighted by Gasteiger charge is -2.21. The van der Waals surface area contributed by atoms with E-state index in [0.717, 1.165) is 5.56 Å². The maximum atomic E-state index is 11.4. The molecule has 0 radical (unpaired) electrons. The Bertz CT molecular complexity index is 354. The molecular formula is C11H15NO3S. The van der Waals surface area contributed by atoms with Crippen molar-refractivity contribution in [2.75, 3.05) is 0 Å². The summed E-state index contributed by atoms with van der Waals surface area (Å²) in [6.07, 6.45) is 0.0993. The SMILES string of the molecule is CC(C)(C)OC(=O)NC(C=O)c1ccsc1. The van der Waals surface area contributed by atoms with Gasteiger partial charge in [0, 0.05) is 0 Å². The molecule has 0 saturated carbocycles. The molecule has 5 heteroatoms. The van der Waals surface area contributed by atoms with E-state index in [-0.39, 0.29) is 0 Å². The van der Waals surface area contributed by atoms with Crippen LogP contribution in [0, 0.1) is 0 Å². The summed E-state index contributed by atoms with van der Waals surface area (Å²) in [4.78, 5) is 22.3. The van der Waals surface area contributed by atoms with Gasteiger partial charge in [-0.25, -0.2) is 4.79 Å². The summed E-state index contributed by atoms with van der Waals surface area (Å²) >= 11 is 1.47. The zero-order valence-corrected chi connectivity index (χ0v) is 10.3. The van der Waals surface area contributed by atoms with Crippen molar-refractivity contribution in [3.63, 3.8) is 0 Å². The average Bonchev–Trinajstić information content (AvgIpc) is 2.63. The van der Waals surface area contributed by atoms with Crippen molar-refractivity contribution in [3.05, 3.63) is 22.4 Å². The Balaban J connectivity index is 2.58. The van der Waals surface area contributed by atoms with E-state index in [4.69, 9.17) is 4.74 Å². The fraction of sp³-hybridized carbons (Fsp3) is 0.455. The molecule has 1 atom stereocenters. The third kappa shape index (κ3) is 4.02. The Morgan fingerprint density at radius 2 is 2.25 bits per heavy atom. The Labute approximate surface area is 98.6 Å². The third-order valence-corrected chi connectivity index (χ3v) is 2.41. The second-order valence-corrected chi connectivity index (χ2v) is 5.10. The largest absolute Gasteiger partial charge is 0.444 e. The van der Waals surface area contributed by atoms with E-state index in [9.17, 15) is 9.59 Å². The van der Waals surface area contributed by atoms with Gasteiger partial charge < -0.3 is 14.8 Å². The van der Waals surface area contributed by atoms with E-state index >= 15 is 0 Å². The molecule has 0 spiro atoms. The maximum Gasteiger partial charge on any atom is 0.408 e. The molecule has 1 rings (SSSR count). The average molecular weight is 241 g/mol. The van der Waals surface area contributed by atoms with E-state index in [1.807, 2.05) is 10.8 Å². The first kappa shape index (κ1) is 12.7. The van der Waals surface area contributed by atoms with Crippen LogP contribution in [0.2, 0.25) is 0 Å². The summed E-state index contributed by atoms with van der Waals surface area (Å²) in [5, 5.41) is 6.17. The molecule has 0 aliphatic carbocycles. The maximum absolute atomic E-state index is 11.4. The van der Waals surface area contributed by atoms with Gasteiger partial charge in [-0.1, -0.05) is 0 Å². The number of alkyl carbamates (subject to hydrolysis) is 1. The quantitative estimate of drug-likeness (QED) is 0.827. The molecule has 1 aromatic heterocycles. The lowest BCUT2D eigenvalue weighted by Crippen LogP contribution is -2.35. The Kier molecular flexibility index (Phi) is 4.06. The van der Waals surface area contributed by atoms with Crippen molar-refractivity contribution < 1.29 is 14.3 Å². The van der Waals surface area contributed by atoms with E-state index in [1.54, 1.807) is 26.8 Å². The number of ether oxygens (including phenoxy) is 1. The Morgan fingerprint density at radius 3 is 2.69 bits per heavy atom. The molecule has 1 heterocycles. The molecule has 4 nitrogen and oxygen atoms in total. The number of amides is 1. The van der Waals surface area contributed by atoms with Crippen LogP contribution in [0.5, 0.6) is 0 Å².